The second kappa shape index (κ2) is 6.35. The van der Waals surface area contributed by atoms with E-state index in [2.05, 4.69) is 22.3 Å². The molecular weight excluding hydrogens is 308 g/mol. The van der Waals surface area contributed by atoms with Gasteiger partial charge in [0.05, 0.1) is 24.5 Å². The lowest BCUT2D eigenvalue weighted by Crippen LogP contribution is -2.34. The van der Waals surface area contributed by atoms with Crippen molar-refractivity contribution in [3.63, 3.8) is 0 Å². The predicted octanol–water partition coefficient (Wildman–Crippen LogP) is 1.20. The number of hydrogen-bond donors (Lipinski definition) is 1. The van der Waals surface area contributed by atoms with Gasteiger partial charge in [-0.15, -0.1) is 5.10 Å². The molecule has 3 rings (SSSR count). The summed E-state index contributed by atoms with van der Waals surface area (Å²) in [7, 11) is 0. The van der Waals surface area contributed by atoms with Crippen molar-refractivity contribution in [2.75, 3.05) is 13.1 Å². The molecule has 8 nitrogen and oxygen atoms in total. The van der Waals surface area contributed by atoms with E-state index in [0.29, 0.717) is 24.2 Å². The predicted molar refractivity (Wildman–Crippen MR) is 87.3 cm³/mol. The Morgan fingerprint density at radius 1 is 1.42 bits per heavy atom. The fourth-order valence-electron chi connectivity index (χ4n) is 2.93. The zero-order valence-corrected chi connectivity index (χ0v) is 14.4. The van der Waals surface area contributed by atoms with Crippen molar-refractivity contribution in [1.29, 1.82) is 0 Å². The third-order valence-electron chi connectivity index (χ3n) is 4.38. The average Bonchev–Trinajstić information content (AvgIpc) is 3.26. The number of carbonyl (C=O) groups excluding carboxylic acids is 1. The number of amides is 1. The fourth-order valence-corrected chi connectivity index (χ4v) is 2.93. The number of aryl methyl sites for hydroxylation is 1. The van der Waals surface area contributed by atoms with Gasteiger partial charge in [0.1, 0.15) is 11.3 Å². The third kappa shape index (κ3) is 3.06. The minimum atomic E-state index is -1.14. The van der Waals surface area contributed by atoms with E-state index in [0.717, 1.165) is 13.0 Å². The van der Waals surface area contributed by atoms with Gasteiger partial charge in [-0.1, -0.05) is 12.1 Å². The quantitative estimate of drug-likeness (QED) is 0.889. The van der Waals surface area contributed by atoms with Crippen LogP contribution in [0.1, 0.15) is 55.7 Å². The summed E-state index contributed by atoms with van der Waals surface area (Å²) >= 11 is 0. The topological polar surface area (TPSA) is 89.1 Å². The molecule has 1 N–H and O–H groups in total. The van der Waals surface area contributed by atoms with Gasteiger partial charge in [-0.05, 0) is 20.3 Å². The number of carbonyl (C=O) groups is 1. The molecule has 2 aromatic rings. The molecule has 1 fully saturated rings. The van der Waals surface area contributed by atoms with Crippen LogP contribution >= 0.6 is 0 Å². The number of nitrogens with zero attached hydrogens (tertiary/aromatic N) is 6. The maximum absolute atomic E-state index is 12.6. The Balaban J connectivity index is 1.72. The number of β-amino-alcohol motifs (C(OH)–C–C–N with tert-alkyl or cyclic N) is 1. The van der Waals surface area contributed by atoms with E-state index in [1.807, 2.05) is 13.8 Å². The molecule has 1 saturated heterocycles. The third-order valence-corrected chi connectivity index (χ3v) is 4.38. The van der Waals surface area contributed by atoms with E-state index >= 15 is 0 Å². The van der Waals surface area contributed by atoms with Gasteiger partial charge in [-0.2, -0.15) is 5.10 Å². The zero-order valence-electron chi connectivity index (χ0n) is 14.4. The first-order valence-electron chi connectivity index (χ1n) is 8.39. The van der Waals surface area contributed by atoms with Crippen molar-refractivity contribution in [2.24, 2.45) is 0 Å². The van der Waals surface area contributed by atoms with Gasteiger partial charge in [-0.3, -0.25) is 9.48 Å². The summed E-state index contributed by atoms with van der Waals surface area (Å²) in [5.41, 5.74) is -0.0610. The van der Waals surface area contributed by atoms with Gasteiger partial charge in [0.2, 0.25) is 0 Å². The molecule has 1 amide bonds. The highest BCUT2D eigenvalue weighted by atomic mass is 16.3. The second-order valence-electron chi connectivity index (χ2n) is 6.68. The molecule has 0 bridgehead atoms. The molecule has 0 saturated carbocycles. The average molecular weight is 332 g/mol. The lowest BCUT2D eigenvalue weighted by molar-refractivity contribution is 0.0381. The first kappa shape index (κ1) is 16.6. The first-order valence-corrected chi connectivity index (χ1v) is 8.39. The summed E-state index contributed by atoms with van der Waals surface area (Å²) in [4.78, 5) is 14.3. The summed E-state index contributed by atoms with van der Waals surface area (Å²) in [5.74, 6) is -0.107. The Bertz CT molecular complexity index is 722. The molecule has 1 aliphatic rings. The van der Waals surface area contributed by atoms with Crippen LogP contribution in [-0.4, -0.2) is 53.8 Å². The van der Waals surface area contributed by atoms with Crippen molar-refractivity contribution in [3.8, 4) is 0 Å². The van der Waals surface area contributed by atoms with Crippen molar-refractivity contribution in [2.45, 2.75) is 51.8 Å². The number of aromatic nitrogens is 5. The highest BCUT2D eigenvalue weighted by molar-refractivity contribution is 5.94. The van der Waals surface area contributed by atoms with Crippen molar-refractivity contribution in [1.82, 2.24) is 29.7 Å². The molecule has 24 heavy (non-hydrogen) atoms. The molecule has 0 aromatic carbocycles. The van der Waals surface area contributed by atoms with Crippen molar-refractivity contribution < 1.29 is 9.90 Å². The molecule has 1 aliphatic heterocycles. The summed E-state index contributed by atoms with van der Waals surface area (Å²) in [6.45, 7) is 7.57. The molecule has 0 unspecified atom stereocenters. The van der Waals surface area contributed by atoms with Crippen molar-refractivity contribution in [3.05, 3.63) is 29.8 Å². The minimum Gasteiger partial charge on any atom is -0.381 e. The van der Waals surface area contributed by atoms with Crippen LogP contribution in [0.15, 0.2) is 18.6 Å². The minimum absolute atomic E-state index is 0.107. The van der Waals surface area contributed by atoms with Crippen molar-refractivity contribution >= 4 is 5.91 Å². The van der Waals surface area contributed by atoms with Crippen LogP contribution in [0.5, 0.6) is 0 Å². The smallest absolute Gasteiger partial charge is 0.257 e. The molecule has 0 aliphatic carbocycles. The van der Waals surface area contributed by atoms with E-state index in [9.17, 15) is 9.90 Å². The lowest BCUT2D eigenvalue weighted by atomic mass is 10.00. The van der Waals surface area contributed by atoms with E-state index in [4.69, 9.17) is 0 Å². The van der Waals surface area contributed by atoms with E-state index in [-0.39, 0.29) is 18.5 Å². The first-order chi connectivity index (χ1) is 11.4. The second-order valence-corrected chi connectivity index (χ2v) is 6.68. The van der Waals surface area contributed by atoms with Crippen LogP contribution in [-0.2, 0) is 12.1 Å². The zero-order chi connectivity index (χ0) is 17.3. The highest BCUT2D eigenvalue weighted by Crippen LogP contribution is 2.31. The van der Waals surface area contributed by atoms with Crippen LogP contribution in [0.3, 0.4) is 0 Å². The van der Waals surface area contributed by atoms with Gasteiger partial charge in [0.25, 0.3) is 5.91 Å². The number of hydrogen-bond acceptors (Lipinski definition) is 5. The Hall–Kier alpha value is -2.22. The lowest BCUT2D eigenvalue weighted by Gasteiger charge is -2.20. The molecule has 3 heterocycles. The summed E-state index contributed by atoms with van der Waals surface area (Å²) < 4.78 is 3.48. The Labute approximate surface area is 141 Å². The molecule has 2 aromatic heterocycles. The molecule has 0 spiro atoms. The largest absolute Gasteiger partial charge is 0.381 e. The highest BCUT2D eigenvalue weighted by Gasteiger charge is 2.42. The molecule has 0 radical (unpaired) electrons. The SMILES string of the molecule is CCCn1cc(C(=O)N2CC[C@](O)(c3cn(C(C)C)nn3)C2)cn1. The summed E-state index contributed by atoms with van der Waals surface area (Å²) in [6, 6.07) is 0.179. The standard InChI is InChI=1S/C16H24N6O2/c1-4-6-21-9-13(8-17-21)15(23)20-7-5-16(24,11-20)14-10-22(12(2)3)19-18-14/h8-10,12,24H,4-7,11H2,1-3H3/t16-/m1/s1. The summed E-state index contributed by atoms with van der Waals surface area (Å²) in [5, 5.41) is 23.2. The summed E-state index contributed by atoms with van der Waals surface area (Å²) in [6.07, 6.45) is 6.53. The number of aliphatic hydroxyl groups is 1. The molecule has 8 heteroatoms. The Morgan fingerprint density at radius 3 is 2.88 bits per heavy atom. The van der Waals surface area contributed by atoms with Crippen LogP contribution < -0.4 is 0 Å². The van der Waals surface area contributed by atoms with Gasteiger partial charge >= 0.3 is 0 Å². The van der Waals surface area contributed by atoms with E-state index < -0.39 is 5.60 Å². The van der Waals surface area contributed by atoms with E-state index in [1.165, 1.54) is 0 Å². The van der Waals surface area contributed by atoms with E-state index in [1.54, 1.807) is 32.9 Å². The van der Waals surface area contributed by atoms with Crippen LogP contribution in [0.25, 0.3) is 0 Å². The maximum Gasteiger partial charge on any atom is 0.257 e. The maximum atomic E-state index is 12.6. The van der Waals surface area contributed by atoms with Crippen LogP contribution in [0.2, 0.25) is 0 Å². The van der Waals surface area contributed by atoms with Gasteiger partial charge < -0.3 is 10.0 Å². The van der Waals surface area contributed by atoms with Crippen LogP contribution in [0.4, 0.5) is 0 Å². The Kier molecular flexibility index (Phi) is 4.40. The van der Waals surface area contributed by atoms with Gasteiger partial charge in [0.15, 0.2) is 0 Å². The fraction of sp³-hybridized carbons (Fsp3) is 0.625. The van der Waals surface area contributed by atoms with Gasteiger partial charge in [0, 0.05) is 31.7 Å². The normalized spacial score (nSPS) is 21.0. The molecule has 1 atom stereocenters. The Morgan fingerprint density at radius 2 is 2.21 bits per heavy atom. The molecular formula is C16H24N6O2. The molecule has 130 valence electrons. The number of rotatable bonds is 5. The monoisotopic (exact) mass is 332 g/mol. The van der Waals surface area contributed by atoms with Crippen LogP contribution in [0, 0.1) is 0 Å². The van der Waals surface area contributed by atoms with Gasteiger partial charge in [-0.25, -0.2) is 4.68 Å². The number of likely N-dealkylation sites (tertiary alicyclic amines) is 1.